The molecule has 3 rings (SSSR count). The molecule has 3 N–H and O–H groups in total. The summed E-state index contributed by atoms with van der Waals surface area (Å²) in [7, 11) is 0. The van der Waals surface area contributed by atoms with Crippen LogP contribution in [0.3, 0.4) is 0 Å². The van der Waals surface area contributed by atoms with E-state index in [-0.39, 0.29) is 28.5 Å². The van der Waals surface area contributed by atoms with Crippen molar-refractivity contribution >= 4 is 34.6 Å². The molecule has 0 aliphatic rings. The lowest BCUT2D eigenvalue weighted by Gasteiger charge is -2.11. The number of rotatable bonds is 5. The van der Waals surface area contributed by atoms with Crippen molar-refractivity contribution in [2.75, 3.05) is 5.32 Å². The number of nitro benzene ring substituents is 1. The van der Waals surface area contributed by atoms with Gasteiger partial charge in [-0.1, -0.05) is 18.2 Å². The number of benzene rings is 2. The molecular weight excluding hydrogens is 394 g/mol. The van der Waals surface area contributed by atoms with Crippen LogP contribution in [0.25, 0.3) is 11.3 Å². The average Bonchev–Trinajstić information content (AvgIpc) is 3.17. The van der Waals surface area contributed by atoms with Crippen LogP contribution in [0, 0.1) is 17.0 Å². The van der Waals surface area contributed by atoms with E-state index >= 15 is 0 Å². The van der Waals surface area contributed by atoms with Crippen LogP contribution in [0.5, 0.6) is 0 Å². The van der Waals surface area contributed by atoms with E-state index in [0.717, 1.165) is 5.56 Å². The number of nitrogens with zero attached hydrogens (tertiary/aromatic N) is 1. The Morgan fingerprint density at radius 3 is 2.66 bits per heavy atom. The van der Waals surface area contributed by atoms with Crippen LogP contribution in [0.1, 0.15) is 21.7 Å². The molecule has 1 aromatic heterocycles. The molecule has 1 amide bonds. The van der Waals surface area contributed by atoms with Crippen LogP contribution >= 0.6 is 12.2 Å². The van der Waals surface area contributed by atoms with Crippen molar-refractivity contribution in [1.29, 1.82) is 0 Å². The smallest absolute Gasteiger partial charge is 0.273 e. The van der Waals surface area contributed by atoms with Gasteiger partial charge in [-0.3, -0.25) is 20.2 Å². The van der Waals surface area contributed by atoms with Crippen molar-refractivity contribution in [3.8, 4) is 11.3 Å². The van der Waals surface area contributed by atoms with Gasteiger partial charge in [-0.2, -0.15) is 0 Å². The van der Waals surface area contributed by atoms with Crippen molar-refractivity contribution in [1.82, 2.24) is 5.32 Å². The first-order chi connectivity index (χ1) is 13.9. The molecule has 0 fully saturated rings. The fourth-order valence-corrected chi connectivity index (χ4v) is 2.98. The van der Waals surface area contributed by atoms with Crippen LogP contribution in [0.15, 0.2) is 59.0 Å². The number of carbonyl (C=O) groups is 1. The zero-order valence-corrected chi connectivity index (χ0v) is 16.2. The van der Waals surface area contributed by atoms with Crippen molar-refractivity contribution in [2.24, 2.45) is 0 Å². The number of thiocarbonyl (C=S) groups is 1. The summed E-state index contributed by atoms with van der Waals surface area (Å²) >= 11 is 5.19. The highest BCUT2D eigenvalue weighted by atomic mass is 32.1. The fraction of sp³-hybridized carbons (Fsp3) is 0.100. The molecule has 29 heavy (non-hydrogen) atoms. The number of furan rings is 1. The molecule has 0 radical (unpaired) electrons. The molecule has 0 saturated heterocycles. The van der Waals surface area contributed by atoms with Gasteiger partial charge in [0.2, 0.25) is 0 Å². The predicted molar refractivity (Wildman–Crippen MR) is 112 cm³/mol. The molecule has 3 aromatic rings. The van der Waals surface area contributed by atoms with Crippen molar-refractivity contribution in [3.63, 3.8) is 0 Å². The molecule has 0 aliphatic carbocycles. The van der Waals surface area contributed by atoms with Crippen LogP contribution < -0.4 is 10.6 Å². The summed E-state index contributed by atoms with van der Waals surface area (Å²) in [5.74, 6) is 0.492. The number of nitrogens with one attached hydrogen (secondary N) is 2. The van der Waals surface area contributed by atoms with Gasteiger partial charge in [-0.05, 0) is 49.5 Å². The first-order valence-corrected chi connectivity index (χ1v) is 8.96. The highest BCUT2D eigenvalue weighted by Gasteiger charge is 2.18. The minimum atomic E-state index is -0.543. The number of carbonyl (C=O) groups excluding carboxylic acids is 1. The van der Waals surface area contributed by atoms with Crippen molar-refractivity contribution < 1.29 is 19.2 Å². The van der Waals surface area contributed by atoms with Gasteiger partial charge in [0.15, 0.2) is 5.11 Å². The summed E-state index contributed by atoms with van der Waals surface area (Å²) in [5.41, 5.74) is 1.68. The Morgan fingerprint density at radius 2 is 1.97 bits per heavy atom. The molecule has 2 aromatic carbocycles. The number of hydrogen-bond donors (Lipinski definition) is 3. The third-order valence-electron chi connectivity index (χ3n) is 4.20. The van der Waals surface area contributed by atoms with Gasteiger partial charge in [0.05, 0.1) is 4.92 Å². The third kappa shape index (κ3) is 4.65. The molecule has 0 unspecified atom stereocenters. The predicted octanol–water partition coefficient (Wildman–Crippen LogP) is 3.78. The standard InChI is InChI=1S/C20H17N3O5S/c1-12-16(6-3-7-17(12)23(26)27)19(25)22-20(29)21-14-5-2-4-13(10-14)18-9-8-15(11-24)28-18/h2-10,24H,11H2,1H3,(H2,21,22,25,29). The van der Waals surface area contributed by atoms with Gasteiger partial charge in [-0.15, -0.1) is 0 Å². The van der Waals surface area contributed by atoms with E-state index < -0.39 is 10.8 Å². The molecule has 0 atom stereocenters. The number of anilines is 1. The Balaban J connectivity index is 1.71. The molecule has 1 heterocycles. The fourth-order valence-electron chi connectivity index (χ4n) is 2.77. The molecule has 148 valence electrons. The van der Waals surface area contributed by atoms with Crippen molar-refractivity contribution in [2.45, 2.75) is 13.5 Å². The van der Waals surface area contributed by atoms with Gasteiger partial charge in [0, 0.05) is 28.4 Å². The van der Waals surface area contributed by atoms with Gasteiger partial charge in [0.25, 0.3) is 11.6 Å². The Labute approximate surface area is 171 Å². The zero-order chi connectivity index (χ0) is 21.0. The highest BCUT2D eigenvalue weighted by molar-refractivity contribution is 7.80. The normalized spacial score (nSPS) is 10.4. The monoisotopic (exact) mass is 411 g/mol. The number of nitro groups is 1. The SMILES string of the molecule is Cc1c(C(=O)NC(=S)Nc2cccc(-c3ccc(CO)o3)c2)cccc1[N+](=O)[O-]. The summed E-state index contributed by atoms with van der Waals surface area (Å²) in [6, 6.07) is 14.9. The van der Waals surface area contributed by atoms with E-state index in [4.69, 9.17) is 21.7 Å². The van der Waals surface area contributed by atoms with Crippen molar-refractivity contribution in [3.05, 3.63) is 81.6 Å². The molecule has 0 bridgehead atoms. The maximum atomic E-state index is 12.5. The molecule has 8 nitrogen and oxygen atoms in total. The summed E-state index contributed by atoms with van der Waals surface area (Å²) in [6.45, 7) is 1.32. The first-order valence-electron chi connectivity index (χ1n) is 8.55. The summed E-state index contributed by atoms with van der Waals surface area (Å²) in [6.07, 6.45) is 0. The molecule has 9 heteroatoms. The van der Waals surface area contributed by atoms with Gasteiger partial charge in [-0.25, -0.2) is 0 Å². The second-order valence-electron chi connectivity index (χ2n) is 6.12. The number of aliphatic hydroxyl groups excluding tert-OH is 1. The lowest BCUT2D eigenvalue weighted by molar-refractivity contribution is -0.385. The van der Waals surface area contributed by atoms with Crippen LogP contribution in [0.4, 0.5) is 11.4 Å². The minimum Gasteiger partial charge on any atom is -0.459 e. The maximum Gasteiger partial charge on any atom is 0.273 e. The van der Waals surface area contributed by atoms with E-state index in [1.54, 1.807) is 30.3 Å². The molecule has 0 saturated carbocycles. The second kappa shape index (κ2) is 8.63. The lowest BCUT2D eigenvalue weighted by Crippen LogP contribution is -2.34. The van der Waals surface area contributed by atoms with Gasteiger partial charge < -0.3 is 14.8 Å². The quantitative estimate of drug-likeness (QED) is 0.332. The molecule has 0 aliphatic heterocycles. The number of hydrogen-bond acceptors (Lipinski definition) is 6. The Bertz CT molecular complexity index is 1090. The third-order valence-corrected chi connectivity index (χ3v) is 4.40. The second-order valence-corrected chi connectivity index (χ2v) is 6.53. The Hall–Kier alpha value is -3.56. The van der Waals surface area contributed by atoms with Crippen LogP contribution in [-0.2, 0) is 6.61 Å². The average molecular weight is 411 g/mol. The number of aliphatic hydroxyl groups is 1. The van der Waals surface area contributed by atoms with E-state index in [1.165, 1.54) is 25.1 Å². The van der Waals surface area contributed by atoms with Gasteiger partial charge in [0.1, 0.15) is 18.1 Å². The number of amides is 1. The Kier molecular flexibility index (Phi) is 6.01. The van der Waals surface area contributed by atoms with E-state index in [2.05, 4.69) is 10.6 Å². The first kappa shape index (κ1) is 20.2. The summed E-state index contributed by atoms with van der Waals surface area (Å²) < 4.78 is 5.51. The van der Waals surface area contributed by atoms with E-state index in [1.807, 2.05) is 6.07 Å². The maximum absolute atomic E-state index is 12.5. The van der Waals surface area contributed by atoms with E-state index in [0.29, 0.717) is 17.2 Å². The van der Waals surface area contributed by atoms with Crippen LogP contribution in [0.2, 0.25) is 0 Å². The van der Waals surface area contributed by atoms with Gasteiger partial charge >= 0.3 is 0 Å². The topological polar surface area (TPSA) is 118 Å². The summed E-state index contributed by atoms with van der Waals surface area (Å²) in [5, 5.41) is 25.6. The summed E-state index contributed by atoms with van der Waals surface area (Å²) in [4.78, 5) is 23.0. The lowest BCUT2D eigenvalue weighted by atomic mass is 10.1. The van der Waals surface area contributed by atoms with Crippen LogP contribution in [-0.4, -0.2) is 21.0 Å². The van der Waals surface area contributed by atoms with E-state index in [9.17, 15) is 14.9 Å². The Morgan fingerprint density at radius 1 is 1.21 bits per heavy atom. The minimum absolute atomic E-state index is 0.0496. The molecular formula is C20H17N3O5S. The highest BCUT2D eigenvalue weighted by Crippen LogP contribution is 2.25. The molecule has 0 spiro atoms. The largest absolute Gasteiger partial charge is 0.459 e. The zero-order valence-electron chi connectivity index (χ0n) is 15.3.